The molecule has 0 unspecified atom stereocenters. The largest absolute Gasteiger partial charge is 0.545 e. The topological polar surface area (TPSA) is 66.6 Å². The molecular formula is C28H32N2O3Si. The number of benzene rings is 2. The molecule has 2 aliphatic rings. The van der Waals surface area contributed by atoms with Crippen molar-refractivity contribution in [3.63, 3.8) is 0 Å². The number of rotatable bonds is 5. The molecule has 34 heavy (non-hydrogen) atoms. The zero-order chi connectivity index (χ0) is 24.8. The van der Waals surface area contributed by atoms with Crippen LogP contribution in [0.15, 0.2) is 65.4 Å². The van der Waals surface area contributed by atoms with Gasteiger partial charge in [-0.3, -0.25) is 0 Å². The molecule has 176 valence electrons. The number of aliphatic hydroxyl groups excluding tert-OH is 1. The molecule has 1 N–H and O–H groups in total. The third-order valence-corrected chi connectivity index (χ3v) is 10.4. The van der Waals surface area contributed by atoms with Crippen LogP contribution in [-0.4, -0.2) is 64.2 Å². The molecule has 5 nitrogen and oxygen atoms in total. The van der Waals surface area contributed by atoms with Gasteiger partial charge < -0.3 is 19.9 Å². The molecule has 0 fully saturated rings. The Kier molecular flexibility index (Phi) is 6.23. The number of carboxylic acid groups (broad SMARTS) is 1. The molecule has 6 heteroatoms. The molecule has 1 aliphatic carbocycles. The van der Waals surface area contributed by atoms with Crippen LogP contribution in [-0.2, 0) is 6.42 Å². The van der Waals surface area contributed by atoms with E-state index in [-0.39, 0.29) is 12.2 Å². The molecule has 0 radical (unpaired) electrons. The minimum atomic E-state index is -2.05. The summed E-state index contributed by atoms with van der Waals surface area (Å²) in [5.41, 5.74) is 7.70. The first kappa shape index (κ1) is 23.9. The summed E-state index contributed by atoms with van der Waals surface area (Å²) in [6.07, 6.45) is 7.03. The van der Waals surface area contributed by atoms with Gasteiger partial charge >= 0.3 is 0 Å². The number of fused-ring (bicyclic) bond motifs is 2. The second-order valence-electron chi connectivity index (χ2n) is 9.88. The molecule has 0 saturated heterocycles. The minimum Gasteiger partial charge on any atom is -0.545 e. The number of aromatic carboxylic acids is 1. The summed E-state index contributed by atoms with van der Waals surface area (Å²) in [4.78, 5) is 13.7. The molecule has 2 aromatic carbocycles. The second kappa shape index (κ2) is 8.85. The van der Waals surface area contributed by atoms with Gasteiger partial charge in [-0.1, -0.05) is 31.3 Å². The first-order chi connectivity index (χ1) is 16.1. The van der Waals surface area contributed by atoms with Crippen molar-refractivity contribution in [2.75, 3.05) is 39.7 Å². The van der Waals surface area contributed by atoms with Crippen LogP contribution >= 0.6 is 0 Å². The van der Waals surface area contributed by atoms with E-state index in [9.17, 15) is 15.0 Å². The zero-order valence-electron chi connectivity index (χ0n) is 20.8. The molecule has 1 aliphatic heterocycles. The summed E-state index contributed by atoms with van der Waals surface area (Å²) in [6, 6.07) is 11.8. The fraction of sp³-hybridized carbons (Fsp3) is 0.286. The van der Waals surface area contributed by atoms with Crippen LogP contribution in [0.5, 0.6) is 0 Å². The molecule has 0 atom stereocenters. The monoisotopic (exact) mass is 472 g/mol. The lowest BCUT2D eigenvalue weighted by Crippen LogP contribution is -2.49. The molecule has 1 heterocycles. The molecule has 0 bridgehead atoms. The van der Waals surface area contributed by atoms with Crippen LogP contribution in [0.4, 0.5) is 5.69 Å². The third kappa shape index (κ3) is 3.97. The van der Waals surface area contributed by atoms with Gasteiger partial charge in [0.05, 0.1) is 5.97 Å². The number of hydrogen-bond donors (Lipinski definition) is 1. The lowest BCUT2D eigenvalue weighted by atomic mass is 9.86. The summed E-state index contributed by atoms with van der Waals surface area (Å²) >= 11 is 0. The van der Waals surface area contributed by atoms with Gasteiger partial charge in [0.1, 0.15) is 22.2 Å². The van der Waals surface area contributed by atoms with E-state index >= 15 is 0 Å². The lowest BCUT2D eigenvalue weighted by Gasteiger charge is -2.38. The molecule has 0 saturated carbocycles. The highest BCUT2D eigenvalue weighted by molar-refractivity contribution is 6.98. The molecular weight excluding hydrogens is 440 g/mol. The molecule has 0 aromatic heterocycles. The van der Waals surface area contributed by atoms with E-state index in [1.807, 2.05) is 6.07 Å². The predicted octanol–water partition coefficient (Wildman–Crippen LogP) is 2.13. The number of hydrogen-bond acceptors (Lipinski definition) is 4. The van der Waals surface area contributed by atoms with E-state index in [2.05, 4.69) is 87.2 Å². The van der Waals surface area contributed by atoms with Gasteiger partial charge in [-0.25, -0.2) is 4.58 Å². The van der Waals surface area contributed by atoms with Crippen LogP contribution in [0, 0.1) is 0 Å². The lowest BCUT2D eigenvalue weighted by molar-refractivity contribution is -0.462. The number of carbonyl (C=O) groups is 1. The van der Waals surface area contributed by atoms with Crippen molar-refractivity contribution < 1.29 is 19.6 Å². The van der Waals surface area contributed by atoms with E-state index in [1.165, 1.54) is 21.5 Å². The highest BCUT2D eigenvalue weighted by Gasteiger charge is 2.40. The highest BCUT2D eigenvalue weighted by Crippen LogP contribution is 2.42. The Bertz CT molecular complexity index is 1310. The van der Waals surface area contributed by atoms with Gasteiger partial charge in [0.25, 0.3) is 0 Å². The van der Waals surface area contributed by atoms with Gasteiger partial charge in [-0.15, -0.1) is 0 Å². The molecule has 2 aromatic rings. The maximum Gasteiger partial charge on any atom is 0.199 e. The van der Waals surface area contributed by atoms with Crippen molar-refractivity contribution in [1.29, 1.82) is 0 Å². The number of nitrogens with zero attached hydrogens (tertiary/aromatic N) is 2. The van der Waals surface area contributed by atoms with Crippen molar-refractivity contribution in [3.05, 3.63) is 87.6 Å². The van der Waals surface area contributed by atoms with Gasteiger partial charge in [-0.2, -0.15) is 0 Å². The number of anilines is 1. The maximum absolute atomic E-state index is 11.5. The van der Waals surface area contributed by atoms with E-state index in [0.29, 0.717) is 6.42 Å². The zero-order valence-corrected chi connectivity index (χ0v) is 21.8. The summed E-state index contributed by atoms with van der Waals surface area (Å²) < 4.78 is 2.13. The maximum atomic E-state index is 11.5. The average molecular weight is 473 g/mol. The average Bonchev–Trinajstić information content (AvgIpc) is 2.79. The Morgan fingerprint density at radius 1 is 1.06 bits per heavy atom. The normalized spacial score (nSPS) is 16.1. The summed E-state index contributed by atoms with van der Waals surface area (Å²) in [5, 5.41) is 24.0. The van der Waals surface area contributed by atoms with E-state index in [4.69, 9.17) is 0 Å². The van der Waals surface area contributed by atoms with E-state index in [0.717, 1.165) is 28.1 Å². The second-order valence-corrected chi connectivity index (χ2v) is 14.2. The Labute approximate surface area is 202 Å². The molecule has 4 rings (SSSR count). The molecule has 0 spiro atoms. The third-order valence-electron chi connectivity index (χ3n) is 6.92. The van der Waals surface area contributed by atoms with Gasteiger partial charge in [-0.05, 0) is 74.5 Å². The number of allylic oxidation sites excluding steroid dienone is 5. The summed E-state index contributed by atoms with van der Waals surface area (Å²) in [6.45, 7) is 4.73. The standard InChI is InChI=1S/C28H32N2O3Si/c1-29(2)20-8-11-23-25(16-20)34(5,6)26-17-21(30(3)4)9-12-24(26)27(23)22-10-7-19(28(32)33)15-18(22)13-14-31/h7-12,15-17,31H,13-14H2,1-6H3. The smallest absolute Gasteiger partial charge is 0.199 e. The van der Waals surface area contributed by atoms with Crippen molar-refractivity contribution in [3.8, 4) is 0 Å². The summed E-state index contributed by atoms with van der Waals surface area (Å²) in [5.74, 6) is -1.21. The number of aliphatic hydroxyl groups is 1. The Balaban J connectivity index is 2.10. The van der Waals surface area contributed by atoms with Crippen molar-refractivity contribution in [1.82, 2.24) is 0 Å². The van der Waals surface area contributed by atoms with Crippen LogP contribution in [0.3, 0.4) is 0 Å². The first-order valence-corrected chi connectivity index (χ1v) is 14.5. The van der Waals surface area contributed by atoms with E-state index in [1.54, 1.807) is 12.1 Å². The number of carbonyl (C=O) groups excluding carboxylic acids is 1. The Morgan fingerprint density at radius 3 is 2.38 bits per heavy atom. The highest BCUT2D eigenvalue weighted by atomic mass is 28.3. The van der Waals surface area contributed by atoms with Gasteiger partial charge in [0, 0.05) is 38.5 Å². The Morgan fingerprint density at radius 2 is 1.76 bits per heavy atom. The van der Waals surface area contributed by atoms with E-state index < -0.39 is 14.0 Å². The van der Waals surface area contributed by atoms with Crippen LogP contribution < -0.4 is 15.2 Å². The minimum absolute atomic E-state index is 0.0597. The first-order valence-electron chi connectivity index (χ1n) is 11.5. The van der Waals surface area contributed by atoms with Gasteiger partial charge in [0.15, 0.2) is 5.71 Å². The molecule has 0 amide bonds. The van der Waals surface area contributed by atoms with Crippen molar-refractivity contribution >= 4 is 36.2 Å². The Hall–Kier alpha value is -3.22. The SMILES string of the molecule is CN(C)c1ccc2c(c1)[Si](C)(C)C1=CC(=[N+](C)C)C=CC1=C2c1ccc(C(=O)[O-])cc1CCO. The fourth-order valence-electron chi connectivity index (χ4n) is 4.96. The predicted molar refractivity (Wildman–Crippen MR) is 140 cm³/mol. The summed E-state index contributed by atoms with van der Waals surface area (Å²) in [7, 11) is 6.17. The quantitative estimate of drug-likeness (QED) is 0.535. The van der Waals surface area contributed by atoms with Crippen LogP contribution in [0.2, 0.25) is 13.1 Å². The van der Waals surface area contributed by atoms with Crippen molar-refractivity contribution in [2.45, 2.75) is 19.5 Å². The van der Waals surface area contributed by atoms with Crippen LogP contribution in [0.1, 0.15) is 27.0 Å². The van der Waals surface area contributed by atoms with Gasteiger partial charge in [0.2, 0.25) is 0 Å². The van der Waals surface area contributed by atoms with Crippen molar-refractivity contribution in [2.24, 2.45) is 0 Å². The van der Waals surface area contributed by atoms with Crippen LogP contribution in [0.25, 0.3) is 5.57 Å². The fourth-order valence-corrected chi connectivity index (χ4v) is 8.03. The number of carboxylic acids is 1.